The summed E-state index contributed by atoms with van der Waals surface area (Å²) in [6, 6.07) is 22.0. The van der Waals surface area contributed by atoms with E-state index in [1.54, 1.807) is 0 Å². The van der Waals surface area contributed by atoms with Crippen LogP contribution < -0.4 is 15.2 Å². The number of aromatic amines is 1. The number of hydrogen-bond acceptors (Lipinski definition) is 4. The fraction of sp³-hybridized carbons (Fsp3) is 0.308. The molecule has 31 heavy (non-hydrogen) atoms. The molecule has 0 unspecified atom stereocenters. The van der Waals surface area contributed by atoms with Crippen molar-refractivity contribution < 1.29 is 14.6 Å². The first-order chi connectivity index (χ1) is 15.2. The Morgan fingerprint density at radius 2 is 1.42 bits per heavy atom. The number of aryl methyl sites for hydroxylation is 1. The van der Waals surface area contributed by atoms with Crippen molar-refractivity contribution in [1.29, 1.82) is 0 Å². The van der Waals surface area contributed by atoms with Gasteiger partial charge in [-0.1, -0.05) is 62.7 Å². The van der Waals surface area contributed by atoms with Gasteiger partial charge in [0.2, 0.25) is 0 Å². The second-order valence-corrected chi connectivity index (χ2v) is 7.03. The molecule has 1 aromatic heterocycles. The van der Waals surface area contributed by atoms with Crippen molar-refractivity contribution in [3.8, 4) is 11.5 Å². The molecule has 5 heteroatoms. The summed E-state index contributed by atoms with van der Waals surface area (Å²) in [5.41, 5.74) is 8.61. The molecule has 0 amide bonds. The smallest absolute Gasteiger partial charge is 0.129 e. The Balaban J connectivity index is 0.000000211. The molecule has 0 fully saturated rings. The van der Waals surface area contributed by atoms with E-state index in [0.29, 0.717) is 19.8 Å². The van der Waals surface area contributed by atoms with Gasteiger partial charge < -0.3 is 25.3 Å². The van der Waals surface area contributed by atoms with Gasteiger partial charge in [0.25, 0.3) is 0 Å². The van der Waals surface area contributed by atoms with Crippen LogP contribution in [0.1, 0.15) is 25.8 Å². The molecule has 166 valence electrons. The molecule has 0 aliphatic rings. The maximum Gasteiger partial charge on any atom is 0.129 e. The third-order valence-corrected chi connectivity index (χ3v) is 4.31. The number of aliphatic hydroxyl groups excluding tert-OH is 1. The number of rotatable bonds is 6. The second-order valence-electron chi connectivity index (χ2n) is 7.03. The Kier molecular flexibility index (Phi) is 10.4. The third-order valence-electron chi connectivity index (χ3n) is 4.31. The molecule has 4 aromatic rings. The Labute approximate surface area is 184 Å². The Bertz CT molecular complexity index is 1040. The van der Waals surface area contributed by atoms with Crippen molar-refractivity contribution in [3.63, 3.8) is 0 Å². The Morgan fingerprint density at radius 3 is 2.13 bits per heavy atom. The Hall–Kier alpha value is -3.02. The van der Waals surface area contributed by atoms with Crippen LogP contribution in [0.25, 0.3) is 21.8 Å². The van der Waals surface area contributed by atoms with Crippen molar-refractivity contribution in [2.75, 3.05) is 26.4 Å². The standard InChI is InChI=1S/C14H13NO2.C9H13NO.C3H8/c16-8-9-17-13-7-3-6-12-14(13)10-4-1-2-5-11(10)15-12;1-8-4-2-3-5-9(8)11-7-6-10;1-3-2/h1-7,15-16H,8-9H2;2-5H,6-7,10H2,1H3;3H2,1-2H3. The molecule has 5 nitrogen and oxygen atoms in total. The monoisotopic (exact) mass is 422 g/mol. The molecule has 0 bridgehead atoms. The number of aromatic nitrogens is 1. The van der Waals surface area contributed by atoms with Gasteiger partial charge in [0.1, 0.15) is 24.7 Å². The van der Waals surface area contributed by atoms with Crippen molar-refractivity contribution in [2.24, 2.45) is 5.73 Å². The molecular formula is C26H34N2O3. The summed E-state index contributed by atoms with van der Waals surface area (Å²) in [4.78, 5) is 3.35. The normalized spacial score (nSPS) is 10.1. The number of H-pyrrole nitrogens is 1. The molecule has 0 saturated heterocycles. The average Bonchev–Trinajstić information content (AvgIpc) is 3.17. The van der Waals surface area contributed by atoms with Gasteiger partial charge in [-0.15, -0.1) is 0 Å². The highest BCUT2D eigenvalue weighted by Crippen LogP contribution is 2.32. The topological polar surface area (TPSA) is 80.5 Å². The largest absolute Gasteiger partial charge is 0.492 e. The summed E-state index contributed by atoms with van der Waals surface area (Å²) in [5.74, 6) is 1.74. The minimum absolute atomic E-state index is 0.0265. The van der Waals surface area contributed by atoms with Gasteiger partial charge in [-0.3, -0.25) is 0 Å². The van der Waals surface area contributed by atoms with Crippen LogP contribution in [-0.2, 0) is 0 Å². The summed E-state index contributed by atoms with van der Waals surface area (Å²) in [6.07, 6.45) is 1.25. The molecular weight excluding hydrogens is 388 g/mol. The van der Waals surface area contributed by atoms with Gasteiger partial charge >= 0.3 is 0 Å². The lowest BCUT2D eigenvalue weighted by molar-refractivity contribution is 0.203. The van der Waals surface area contributed by atoms with Crippen LogP contribution in [0.15, 0.2) is 66.7 Å². The molecule has 0 radical (unpaired) electrons. The second kappa shape index (κ2) is 13.3. The lowest BCUT2D eigenvalue weighted by Gasteiger charge is -2.06. The van der Waals surface area contributed by atoms with Crippen LogP contribution in [0, 0.1) is 6.92 Å². The van der Waals surface area contributed by atoms with Gasteiger partial charge in [-0.05, 0) is 36.8 Å². The molecule has 0 aliphatic heterocycles. The van der Waals surface area contributed by atoms with Crippen LogP contribution in [0.3, 0.4) is 0 Å². The minimum atomic E-state index is 0.0265. The molecule has 4 N–H and O–H groups in total. The molecule has 0 aliphatic carbocycles. The van der Waals surface area contributed by atoms with E-state index >= 15 is 0 Å². The van der Waals surface area contributed by atoms with Crippen molar-refractivity contribution >= 4 is 21.8 Å². The van der Waals surface area contributed by atoms with Crippen molar-refractivity contribution in [3.05, 3.63) is 72.3 Å². The zero-order valence-electron chi connectivity index (χ0n) is 18.7. The zero-order chi connectivity index (χ0) is 22.5. The summed E-state index contributed by atoms with van der Waals surface area (Å²) in [6.45, 7) is 7.77. The highest BCUT2D eigenvalue weighted by atomic mass is 16.5. The molecule has 0 atom stereocenters. The fourth-order valence-corrected chi connectivity index (χ4v) is 3.03. The Morgan fingerprint density at radius 1 is 0.806 bits per heavy atom. The van der Waals surface area contributed by atoms with Gasteiger partial charge in [0, 0.05) is 22.8 Å². The maximum absolute atomic E-state index is 8.83. The molecule has 0 saturated carbocycles. The third kappa shape index (κ3) is 7.02. The molecule has 0 spiro atoms. The molecule has 1 heterocycles. The average molecular weight is 423 g/mol. The van der Waals surface area contributed by atoms with Crippen LogP contribution in [0.5, 0.6) is 11.5 Å². The van der Waals surface area contributed by atoms with E-state index in [1.165, 1.54) is 6.42 Å². The first-order valence-electron chi connectivity index (χ1n) is 10.8. The SMILES string of the molecule is CCC.Cc1ccccc1OCCN.OCCOc1cccc2[nH]c3ccccc3c12. The van der Waals surface area contributed by atoms with E-state index in [1.807, 2.05) is 67.6 Å². The fourth-order valence-electron chi connectivity index (χ4n) is 3.03. The minimum Gasteiger partial charge on any atom is -0.492 e. The number of hydrogen-bond donors (Lipinski definition) is 3. The van der Waals surface area contributed by atoms with Crippen molar-refractivity contribution in [2.45, 2.75) is 27.2 Å². The lowest BCUT2D eigenvalue weighted by Crippen LogP contribution is -2.10. The summed E-state index contributed by atoms with van der Waals surface area (Å²) < 4.78 is 10.9. The number of aliphatic hydroxyl groups is 1. The van der Waals surface area contributed by atoms with Crippen LogP contribution >= 0.6 is 0 Å². The van der Waals surface area contributed by atoms with Crippen LogP contribution in [-0.4, -0.2) is 36.5 Å². The van der Waals surface area contributed by atoms with E-state index in [4.69, 9.17) is 20.3 Å². The van der Waals surface area contributed by atoms with Gasteiger partial charge in [0.15, 0.2) is 0 Å². The van der Waals surface area contributed by atoms with Crippen LogP contribution in [0.4, 0.5) is 0 Å². The van der Waals surface area contributed by atoms with Crippen molar-refractivity contribution in [1.82, 2.24) is 4.98 Å². The van der Waals surface area contributed by atoms with Gasteiger partial charge in [-0.2, -0.15) is 0 Å². The highest BCUT2D eigenvalue weighted by molar-refractivity contribution is 6.10. The zero-order valence-corrected chi connectivity index (χ0v) is 18.7. The summed E-state index contributed by atoms with van der Waals surface area (Å²) in [7, 11) is 0. The number of nitrogens with two attached hydrogens (primary N) is 1. The predicted octanol–water partition coefficient (Wildman–Crippen LogP) is 5.44. The number of ether oxygens (including phenoxy) is 2. The van der Waals surface area contributed by atoms with E-state index in [-0.39, 0.29) is 6.61 Å². The quantitative estimate of drug-likeness (QED) is 0.386. The first kappa shape index (κ1) is 24.3. The number of nitrogens with one attached hydrogen (secondary N) is 1. The highest BCUT2D eigenvalue weighted by Gasteiger charge is 2.08. The van der Waals surface area contributed by atoms with E-state index < -0.39 is 0 Å². The number of benzene rings is 3. The van der Waals surface area contributed by atoms with Gasteiger partial charge in [-0.25, -0.2) is 0 Å². The molecule has 3 aromatic carbocycles. The van der Waals surface area contributed by atoms with E-state index in [9.17, 15) is 0 Å². The molecule has 4 rings (SSSR count). The van der Waals surface area contributed by atoms with E-state index in [2.05, 4.69) is 24.9 Å². The maximum atomic E-state index is 8.83. The number of fused-ring (bicyclic) bond motifs is 3. The number of para-hydroxylation sites is 2. The predicted molar refractivity (Wildman–Crippen MR) is 130 cm³/mol. The van der Waals surface area contributed by atoms with Crippen LogP contribution in [0.2, 0.25) is 0 Å². The van der Waals surface area contributed by atoms with E-state index in [0.717, 1.165) is 38.9 Å². The summed E-state index contributed by atoms with van der Waals surface area (Å²) in [5, 5.41) is 11.1. The summed E-state index contributed by atoms with van der Waals surface area (Å²) >= 11 is 0. The first-order valence-corrected chi connectivity index (χ1v) is 10.8. The lowest BCUT2D eigenvalue weighted by atomic mass is 10.1. The van der Waals surface area contributed by atoms with Gasteiger partial charge in [0.05, 0.1) is 12.1 Å².